The highest BCUT2D eigenvalue weighted by Crippen LogP contribution is 2.33. The van der Waals surface area contributed by atoms with Crippen LogP contribution in [0.25, 0.3) is 0 Å². The first-order valence-electron chi connectivity index (χ1n) is 9.22. The Balaban J connectivity index is 1.41. The first kappa shape index (κ1) is 16.3. The van der Waals surface area contributed by atoms with E-state index in [1.807, 2.05) is 11.1 Å². The number of imidazole rings is 1. The van der Waals surface area contributed by atoms with Gasteiger partial charge in [0.1, 0.15) is 11.6 Å². The van der Waals surface area contributed by atoms with E-state index in [1.165, 1.54) is 25.0 Å². The SMILES string of the molecule is O=C(Cc1ccc(F)cc1)N1CCC[C@@H](c2nccn2CC2CC2)C1. The van der Waals surface area contributed by atoms with Crippen molar-refractivity contribution in [3.8, 4) is 0 Å². The molecule has 1 saturated carbocycles. The summed E-state index contributed by atoms with van der Waals surface area (Å²) >= 11 is 0. The average Bonchev–Trinajstić information content (AvgIpc) is 3.32. The number of carbonyl (C=O) groups is 1. The average molecular weight is 341 g/mol. The summed E-state index contributed by atoms with van der Waals surface area (Å²) in [6.07, 6.45) is 9.04. The fraction of sp³-hybridized carbons (Fsp3) is 0.500. The standard InChI is InChI=1S/C20H24FN3O/c21-18-7-5-15(6-8-18)12-19(25)23-10-1-2-17(14-23)20-22-9-11-24(20)13-16-3-4-16/h5-9,11,16-17H,1-4,10,12-14H2/t17-/m1/s1. The molecular formula is C20H24FN3O. The zero-order chi connectivity index (χ0) is 17.2. The third kappa shape index (κ3) is 3.91. The Morgan fingerprint density at radius 2 is 2.00 bits per heavy atom. The third-order valence-electron chi connectivity index (χ3n) is 5.31. The minimum Gasteiger partial charge on any atom is -0.342 e. The molecule has 0 N–H and O–H groups in total. The molecular weight excluding hydrogens is 317 g/mol. The summed E-state index contributed by atoms with van der Waals surface area (Å²) in [6, 6.07) is 6.21. The van der Waals surface area contributed by atoms with Gasteiger partial charge >= 0.3 is 0 Å². The zero-order valence-electron chi connectivity index (χ0n) is 14.4. The molecule has 0 unspecified atom stereocenters. The van der Waals surface area contributed by atoms with Gasteiger partial charge < -0.3 is 9.47 Å². The summed E-state index contributed by atoms with van der Waals surface area (Å²) in [4.78, 5) is 19.2. The Bertz CT molecular complexity index is 736. The van der Waals surface area contributed by atoms with Gasteiger partial charge in [0, 0.05) is 37.9 Å². The molecule has 4 rings (SSSR count). The number of carbonyl (C=O) groups excluding carboxylic acids is 1. The van der Waals surface area contributed by atoms with Crippen LogP contribution in [0.4, 0.5) is 4.39 Å². The van der Waals surface area contributed by atoms with Gasteiger partial charge in [-0.05, 0) is 49.3 Å². The summed E-state index contributed by atoms with van der Waals surface area (Å²) < 4.78 is 15.3. The summed E-state index contributed by atoms with van der Waals surface area (Å²) in [5, 5.41) is 0. The minimum absolute atomic E-state index is 0.122. The molecule has 4 nitrogen and oxygen atoms in total. The quantitative estimate of drug-likeness (QED) is 0.836. The Morgan fingerprint density at radius 1 is 1.20 bits per heavy atom. The molecule has 1 aromatic heterocycles. The van der Waals surface area contributed by atoms with Crippen molar-refractivity contribution in [2.45, 2.75) is 44.6 Å². The second-order valence-electron chi connectivity index (χ2n) is 7.36. The highest BCUT2D eigenvalue weighted by atomic mass is 19.1. The molecule has 5 heteroatoms. The van der Waals surface area contributed by atoms with Crippen LogP contribution in [0.2, 0.25) is 0 Å². The van der Waals surface area contributed by atoms with Crippen molar-refractivity contribution in [3.05, 3.63) is 53.9 Å². The first-order chi connectivity index (χ1) is 12.2. The molecule has 2 aromatic rings. The monoisotopic (exact) mass is 341 g/mol. The van der Waals surface area contributed by atoms with E-state index in [2.05, 4.69) is 15.7 Å². The maximum atomic E-state index is 13.0. The van der Waals surface area contributed by atoms with Crippen molar-refractivity contribution >= 4 is 5.91 Å². The molecule has 0 radical (unpaired) electrons. The Hall–Kier alpha value is -2.17. The first-order valence-corrected chi connectivity index (χ1v) is 9.22. The van der Waals surface area contributed by atoms with Gasteiger partial charge in [-0.1, -0.05) is 12.1 Å². The molecule has 1 amide bonds. The van der Waals surface area contributed by atoms with E-state index < -0.39 is 0 Å². The van der Waals surface area contributed by atoms with Crippen LogP contribution in [0.1, 0.15) is 43.0 Å². The predicted molar refractivity (Wildman–Crippen MR) is 93.6 cm³/mol. The van der Waals surface area contributed by atoms with Crippen LogP contribution < -0.4 is 0 Å². The van der Waals surface area contributed by atoms with Crippen molar-refractivity contribution in [3.63, 3.8) is 0 Å². The maximum absolute atomic E-state index is 13.0. The van der Waals surface area contributed by atoms with Gasteiger partial charge in [-0.3, -0.25) is 4.79 Å². The van der Waals surface area contributed by atoms with Crippen LogP contribution in [-0.2, 0) is 17.8 Å². The Labute approximate surface area is 147 Å². The lowest BCUT2D eigenvalue weighted by Crippen LogP contribution is -2.40. The lowest BCUT2D eigenvalue weighted by molar-refractivity contribution is -0.131. The van der Waals surface area contributed by atoms with E-state index in [-0.39, 0.29) is 11.7 Å². The van der Waals surface area contributed by atoms with E-state index in [9.17, 15) is 9.18 Å². The van der Waals surface area contributed by atoms with Gasteiger partial charge in [0.25, 0.3) is 0 Å². The molecule has 1 atom stereocenters. The van der Waals surface area contributed by atoms with E-state index >= 15 is 0 Å². The van der Waals surface area contributed by atoms with Crippen LogP contribution in [0, 0.1) is 11.7 Å². The highest BCUT2D eigenvalue weighted by Gasteiger charge is 2.29. The molecule has 1 aromatic carbocycles. The second-order valence-corrected chi connectivity index (χ2v) is 7.36. The van der Waals surface area contributed by atoms with E-state index in [0.29, 0.717) is 12.3 Å². The Morgan fingerprint density at radius 3 is 2.76 bits per heavy atom. The molecule has 1 aliphatic heterocycles. The van der Waals surface area contributed by atoms with Gasteiger partial charge in [-0.2, -0.15) is 0 Å². The number of amides is 1. The lowest BCUT2D eigenvalue weighted by atomic mass is 9.96. The lowest BCUT2D eigenvalue weighted by Gasteiger charge is -2.33. The van der Waals surface area contributed by atoms with Crippen LogP contribution >= 0.6 is 0 Å². The molecule has 0 bridgehead atoms. The number of benzene rings is 1. The van der Waals surface area contributed by atoms with Gasteiger partial charge in [0.2, 0.25) is 5.91 Å². The van der Waals surface area contributed by atoms with Crippen molar-refractivity contribution in [1.29, 1.82) is 0 Å². The molecule has 2 fully saturated rings. The summed E-state index contributed by atoms with van der Waals surface area (Å²) in [5.74, 6) is 2.12. The fourth-order valence-corrected chi connectivity index (χ4v) is 3.72. The summed E-state index contributed by atoms with van der Waals surface area (Å²) in [5.41, 5.74) is 0.865. The third-order valence-corrected chi connectivity index (χ3v) is 5.31. The maximum Gasteiger partial charge on any atom is 0.227 e. The Kier molecular flexibility index (Phi) is 4.55. The largest absolute Gasteiger partial charge is 0.342 e. The number of piperidine rings is 1. The normalized spacial score (nSPS) is 20.7. The van der Waals surface area contributed by atoms with Crippen LogP contribution in [0.15, 0.2) is 36.7 Å². The highest BCUT2D eigenvalue weighted by molar-refractivity contribution is 5.79. The van der Waals surface area contributed by atoms with Crippen molar-refractivity contribution < 1.29 is 9.18 Å². The molecule has 0 spiro atoms. The molecule has 2 heterocycles. The summed E-state index contributed by atoms with van der Waals surface area (Å²) in [6.45, 7) is 2.61. The van der Waals surface area contributed by atoms with Crippen LogP contribution in [0.3, 0.4) is 0 Å². The van der Waals surface area contributed by atoms with Crippen molar-refractivity contribution in [2.75, 3.05) is 13.1 Å². The number of nitrogens with zero attached hydrogens (tertiary/aromatic N) is 3. The van der Waals surface area contributed by atoms with Gasteiger partial charge in [0.05, 0.1) is 6.42 Å². The minimum atomic E-state index is -0.267. The number of rotatable bonds is 5. The number of hydrogen-bond acceptors (Lipinski definition) is 2. The van der Waals surface area contributed by atoms with E-state index in [1.54, 1.807) is 12.1 Å². The van der Waals surface area contributed by atoms with Gasteiger partial charge in [-0.25, -0.2) is 9.37 Å². The molecule has 25 heavy (non-hydrogen) atoms. The van der Waals surface area contributed by atoms with Crippen molar-refractivity contribution in [1.82, 2.24) is 14.5 Å². The number of aromatic nitrogens is 2. The molecule has 1 saturated heterocycles. The number of hydrogen-bond donors (Lipinski definition) is 0. The second kappa shape index (κ2) is 6.98. The molecule has 2 aliphatic rings. The van der Waals surface area contributed by atoms with E-state index in [4.69, 9.17) is 0 Å². The smallest absolute Gasteiger partial charge is 0.227 e. The van der Waals surface area contributed by atoms with Crippen LogP contribution in [0.5, 0.6) is 0 Å². The van der Waals surface area contributed by atoms with Gasteiger partial charge in [-0.15, -0.1) is 0 Å². The molecule has 132 valence electrons. The predicted octanol–water partition coefficient (Wildman–Crippen LogP) is 3.38. The number of likely N-dealkylation sites (tertiary alicyclic amines) is 1. The van der Waals surface area contributed by atoms with Gasteiger partial charge in [0.15, 0.2) is 0 Å². The van der Waals surface area contributed by atoms with E-state index in [0.717, 1.165) is 49.8 Å². The molecule has 1 aliphatic carbocycles. The van der Waals surface area contributed by atoms with Crippen LogP contribution in [-0.4, -0.2) is 33.4 Å². The summed E-state index contributed by atoms with van der Waals surface area (Å²) in [7, 11) is 0. The topological polar surface area (TPSA) is 38.1 Å². The fourth-order valence-electron chi connectivity index (χ4n) is 3.72. The van der Waals surface area contributed by atoms with Crippen molar-refractivity contribution in [2.24, 2.45) is 5.92 Å². The zero-order valence-corrected chi connectivity index (χ0v) is 14.4. The number of halogens is 1.